The molecule has 0 saturated carbocycles. The van der Waals surface area contributed by atoms with Crippen molar-refractivity contribution in [2.24, 2.45) is 5.41 Å². The summed E-state index contributed by atoms with van der Waals surface area (Å²) in [6.45, 7) is 10.5. The lowest BCUT2D eigenvalue weighted by Gasteiger charge is -2.30. The van der Waals surface area contributed by atoms with Crippen LogP contribution in [-0.2, 0) is 0 Å². The Labute approximate surface area is 112 Å². The first-order chi connectivity index (χ1) is 8.14. The lowest BCUT2D eigenvalue weighted by atomic mass is 9.79. The van der Waals surface area contributed by atoms with Gasteiger partial charge in [0.25, 0.3) is 5.91 Å². The Kier molecular flexibility index (Phi) is 3.02. The summed E-state index contributed by atoms with van der Waals surface area (Å²) in [6, 6.07) is 0. The van der Waals surface area contributed by atoms with Crippen molar-refractivity contribution in [1.82, 2.24) is 9.88 Å². The number of thiazole rings is 1. The van der Waals surface area contributed by atoms with E-state index in [0.29, 0.717) is 18.0 Å². The third-order valence-electron chi connectivity index (χ3n) is 3.93. The fourth-order valence-corrected chi connectivity index (χ4v) is 3.19. The van der Waals surface area contributed by atoms with E-state index in [1.807, 2.05) is 27.7 Å². The third kappa shape index (κ3) is 2.06. The quantitative estimate of drug-likeness (QED) is 0.847. The van der Waals surface area contributed by atoms with Gasteiger partial charge in [0.05, 0.1) is 22.8 Å². The number of hydrogen-bond donors (Lipinski definition) is 1. The van der Waals surface area contributed by atoms with E-state index in [9.17, 15) is 9.90 Å². The normalized spacial score (nSPS) is 26.7. The molecule has 1 aromatic rings. The van der Waals surface area contributed by atoms with Gasteiger partial charge in [0.1, 0.15) is 4.88 Å². The molecule has 0 spiro atoms. The van der Waals surface area contributed by atoms with Crippen molar-refractivity contribution < 1.29 is 9.90 Å². The molecule has 2 rings (SSSR count). The van der Waals surface area contributed by atoms with Crippen LogP contribution in [0, 0.1) is 19.3 Å². The summed E-state index contributed by atoms with van der Waals surface area (Å²) in [6.07, 6.45) is 0. The molecule has 1 amide bonds. The standard InChI is InChI=1S/C13H20N2O2S/c1-8-10(18-9(2)14-8)11(16)15-6-12(3,4)13(5,17)7-15/h17H,6-7H2,1-5H3/t13-/m1/s1. The first-order valence-electron chi connectivity index (χ1n) is 6.10. The van der Waals surface area contributed by atoms with Crippen molar-refractivity contribution in [3.8, 4) is 0 Å². The molecule has 4 nitrogen and oxygen atoms in total. The van der Waals surface area contributed by atoms with Gasteiger partial charge in [-0.3, -0.25) is 4.79 Å². The highest BCUT2D eigenvalue weighted by Crippen LogP contribution is 2.39. The maximum atomic E-state index is 12.4. The summed E-state index contributed by atoms with van der Waals surface area (Å²) >= 11 is 1.43. The average molecular weight is 268 g/mol. The molecule has 1 N–H and O–H groups in total. The summed E-state index contributed by atoms with van der Waals surface area (Å²) in [5, 5.41) is 11.3. The van der Waals surface area contributed by atoms with Crippen molar-refractivity contribution in [3.05, 3.63) is 15.6 Å². The van der Waals surface area contributed by atoms with Gasteiger partial charge in [-0.05, 0) is 20.8 Å². The van der Waals surface area contributed by atoms with Gasteiger partial charge < -0.3 is 10.0 Å². The predicted molar refractivity (Wildman–Crippen MR) is 71.9 cm³/mol. The van der Waals surface area contributed by atoms with E-state index < -0.39 is 5.60 Å². The van der Waals surface area contributed by atoms with Crippen molar-refractivity contribution in [1.29, 1.82) is 0 Å². The molecule has 0 unspecified atom stereocenters. The van der Waals surface area contributed by atoms with E-state index in [4.69, 9.17) is 0 Å². The number of carbonyl (C=O) groups is 1. The lowest BCUT2D eigenvalue weighted by molar-refractivity contribution is -0.0108. The Hall–Kier alpha value is -0.940. The van der Waals surface area contributed by atoms with Crippen molar-refractivity contribution in [2.45, 2.75) is 40.2 Å². The largest absolute Gasteiger partial charge is 0.388 e. The molecule has 100 valence electrons. The van der Waals surface area contributed by atoms with E-state index in [1.165, 1.54) is 11.3 Å². The highest BCUT2D eigenvalue weighted by molar-refractivity contribution is 7.13. The molecule has 5 heteroatoms. The van der Waals surface area contributed by atoms with Crippen LogP contribution in [0.4, 0.5) is 0 Å². The molecule has 0 radical (unpaired) electrons. The molecule has 0 aliphatic carbocycles. The number of aryl methyl sites for hydroxylation is 2. The molecule has 2 heterocycles. The van der Waals surface area contributed by atoms with E-state index in [1.54, 1.807) is 11.8 Å². The summed E-state index contributed by atoms with van der Waals surface area (Å²) in [7, 11) is 0. The minimum Gasteiger partial charge on any atom is -0.388 e. The summed E-state index contributed by atoms with van der Waals surface area (Å²) in [5.74, 6) is -0.0102. The minimum absolute atomic E-state index is 0.0102. The second-order valence-corrected chi connectivity index (χ2v) is 7.17. The van der Waals surface area contributed by atoms with E-state index in [0.717, 1.165) is 10.7 Å². The number of nitrogens with zero attached hydrogens (tertiary/aromatic N) is 2. The summed E-state index contributed by atoms with van der Waals surface area (Å²) in [5.41, 5.74) is -0.334. The second-order valence-electron chi connectivity index (χ2n) is 5.97. The molecule has 18 heavy (non-hydrogen) atoms. The topological polar surface area (TPSA) is 53.4 Å². The second kappa shape index (κ2) is 4.03. The van der Waals surface area contributed by atoms with Gasteiger partial charge in [-0.25, -0.2) is 4.98 Å². The Morgan fingerprint density at radius 1 is 1.33 bits per heavy atom. The first kappa shape index (κ1) is 13.5. The maximum absolute atomic E-state index is 12.4. The number of carbonyl (C=O) groups excluding carboxylic acids is 1. The van der Waals surface area contributed by atoms with Gasteiger partial charge in [0.15, 0.2) is 0 Å². The van der Waals surface area contributed by atoms with Crippen LogP contribution in [0.5, 0.6) is 0 Å². The molecule has 0 bridgehead atoms. The third-order valence-corrected chi connectivity index (χ3v) is 4.99. The summed E-state index contributed by atoms with van der Waals surface area (Å²) in [4.78, 5) is 19.2. The number of aromatic nitrogens is 1. The van der Waals surface area contributed by atoms with Crippen molar-refractivity contribution in [3.63, 3.8) is 0 Å². The van der Waals surface area contributed by atoms with Gasteiger partial charge >= 0.3 is 0 Å². The van der Waals surface area contributed by atoms with Gasteiger partial charge in [-0.15, -0.1) is 11.3 Å². The zero-order chi connectivity index (χ0) is 13.7. The van der Waals surface area contributed by atoms with Crippen LogP contribution in [0.1, 0.15) is 41.1 Å². The van der Waals surface area contributed by atoms with Crippen LogP contribution >= 0.6 is 11.3 Å². The van der Waals surface area contributed by atoms with Crippen molar-refractivity contribution in [2.75, 3.05) is 13.1 Å². The maximum Gasteiger partial charge on any atom is 0.265 e. The van der Waals surface area contributed by atoms with E-state index in [-0.39, 0.29) is 11.3 Å². The number of aliphatic hydroxyl groups is 1. The zero-order valence-electron chi connectivity index (χ0n) is 11.6. The molecular formula is C13H20N2O2S. The van der Waals surface area contributed by atoms with Crippen molar-refractivity contribution >= 4 is 17.2 Å². The van der Waals surface area contributed by atoms with Crippen LogP contribution in [0.15, 0.2) is 0 Å². The van der Waals surface area contributed by atoms with Crippen LogP contribution in [0.3, 0.4) is 0 Å². The lowest BCUT2D eigenvalue weighted by Crippen LogP contribution is -2.40. The number of likely N-dealkylation sites (tertiary alicyclic amines) is 1. The van der Waals surface area contributed by atoms with Gasteiger partial charge in [-0.2, -0.15) is 0 Å². The molecular weight excluding hydrogens is 248 g/mol. The van der Waals surface area contributed by atoms with Crippen LogP contribution < -0.4 is 0 Å². The van der Waals surface area contributed by atoms with Crippen LogP contribution in [-0.4, -0.2) is 39.6 Å². The SMILES string of the molecule is Cc1nc(C)c(C(=O)N2CC(C)(C)[C@](C)(O)C2)s1. The molecule has 1 saturated heterocycles. The molecule has 1 atom stereocenters. The highest BCUT2D eigenvalue weighted by atomic mass is 32.1. The number of amides is 1. The number of hydrogen-bond acceptors (Lipinski definition) is 4. The fraction of sp³-hybridized carbons (Fsp3) is 0.692. The Morgan fingerprint density at radius 2 is 1.94 bits per heavy atom. The monoisotopic (exact) mass is 268 g/mol. The fourth-order valence-electron chi connectivity index (χ4n) is 2.31. The molecule has 1 aliphatic rings. The zero-order valence-corrected chi connectivity index (χ0v) is 12.4. The Morgan fingerprint density at radius 3 is 2.33 bits per heavy atom. The molecule has 0 aromatic carbocycles. The minimum atomic E-state index is -0.837. The molecule has 1 fully saturated rings. The number of β-amino-alcohol motifs (C(OH)–C–C–N with tert-alkyl or cyclic N) is 1. The van der Waals surface area contributed by atoms with Crippen LogP contribution in [0.2, 0.25) is 0 Å². The highest BCUT2D eigenvalue weighted by Gasteiger charge is 2.49. The van der Waals surface area contributed by atoms with Gasteiger partial charge in [-0.1, -0.05) is 13.8 Å². The average Bonchev–Trinajstić information content (AvgIpc) is 2.64. The predicted octanol–water partition coefficient (Wildman–Crippen LogP) is 1.99. The summed E-state index contributed by atoms with van der Waals surface area (Å²) < 4.78 is 0. The van der Waals surface area contributed by atoms with E-state index in [2.05, 4.69) is 4.98 Å². The molecule has 1 aromatic heterocycles. The first-order valence-corrected chi connectivity index (χ1v) is 6.91. The van der Waals surface area contributed by atoms with Gasteiger partial charge in [0.2, 0.25) is 0 Å². The molecule has 1 aliphatic heterocycles. The Balaban J connectivity index is 2.25. The van der Waals surface area contributed by atoms with E-state index >= 15 is 0 Å². The number of rotatable bonds is 1. The van der Waals surface area contributed by atoms with Gasteiger partial charge in [0, 0.05) is 12.0 Å². The smallest absolute Gasteiger partial charge is 0.265 e. The Bertz CT molecular complexity index is 475. The van der Waals surface area contributed by atoms with Crippen LogP contribution in [0.25, 0.3) is 0 Å².